The quantitative estimate of drug-likeness (QED) is 0.530. The Balaban J connectivity index is 1.51. The number of carbonyl (C=O) groups is 1. The molecule has 33 heavy (non-hydrogen) atoms. The van der Waals surface area contributed by atoms with Crippen LogP contribution < -0.4 is 5.32 Å². The monoisotopic (exact) mass is 485 g/mol. The number of aromatic nitrogens is 2. The van der Waals surface area contributed by atoms with Gasteiger partial charge in [-0.15, -0.1) is 0 Å². The third kappa shape index (κ3) is 4.70. The molecule has 0 atom stereocenters. The van der Waals surface area contributed by atoms with Gasteiger partial charge in [0, 0.05) is 17.3 Å². The molecule has 0 bridgehead atoms. The maximum absolute atomic E-state index is 13.5. The second-order valence-corrected chi connectivity index (χ2v) is 11.4. The van der Waals surface area contributed by atoms with E-state index in [2.05, 4.69) is 10.4 Å². The van der Waals surface area contributed by atoms with Crippen LogP contribution >= 0.6 is 11.6 Å². The van der Waals surface area contributed by atoms with E-state index < -0.39 is 20.5 Å². The Hall–Kier alpha value is -2.64. The van der Waals surface area contributed by atoms with Crippen molar-refractivity contribution >= 4 is 27.3 Å². The van der Waals surface area contributed by atoms with Crippen molar-refractivity contribution in [2.75, 3.05) is 0 Å². The van der Waals surface area contributed by atoms with Crippen molar-refractivity contribution in [3.63, 3.8) is 0 Å². The van der Waals surface area contributed by atoms with Crippen LogP contribution in [-0.4, -0.2) is 28.9 Å². The van der Waals surface area contributed by atoms with E-state index >= 15 is 0 Å². The fraction of sp³-hybridized carbons (Fsp3) is 0.360. The first-order chi connectivity index (χ1) is 15.7. The van der Waals surface area contributed by atoms with Gasteiger partial charge < -0.3 is 5.32 Å². The lowest BCUT2D eigenvalue weighted by molar-refractivity contribution is -0.123. The van der Waals surface area contributed by atoms with E-state index in [1.54, 1.807) is 12.1 Å². The highest BCUT2D eigenvalue weighted by Crippen LogP contribution is 2.41. The number of sulfone groups is 1. The first kappa shape index (κ1) is 23.5. The van der Waals surface area contributed by atoms with Gasteiger partial charge in [-0.1, -0.05) is 48.7 Å². The van der Waals surface area contributed by atoms with Crippen molar-refractivity contribution in [3.8, 4) is 0 Å². The van der Waals surface area contributed by atoms with Gasteiger partial charge in [0.05, 0.1) is 17.1 Å². The molecule has 1 heterocycles. The standard InChI is InChI=1S/C25H28ClN3O3S/c1-18-14-19(2)29(28-18)17-21-7-5-6-20(15-21)16-27-24(30)25(12-3-4-13-25)33(31,32)23-10-8-22(26)9-11-23/h5-11,14-15H,3-4,12-13,16-17H2,1-2H3,(H,27,30). The fourth-order valence-electron chi connectivity index (χ4n) is 4.59. The molecule has 2 aromatic carbocycles. The van der Waals surface area contributed by atoms with E-state index in [0.29, 0.717) is 37.3 Å². The Morgan fingerprint density at radius 3 is 2.36 bits per heavy atom. The highest BCUT2D eigenvalue weighted by atomic mass is 35.5. The number of halogens is 1. The topological polar surface area (TPSA) is 81.1 Å². The van der Waals surface area contributed by atoms with E-state index in [-0.39, 0.29) is 11.4 Å². The maximum atomic E-state index is 13.5. The summed E-state index contributed by atoms with van der Waals surface area (Å²) in [5, 5.41) is 7.87. The lowest BCUT2D eigenvalue weighted by atomic mass is 10.1. The van der Waals surface area contributed by atoms with E-state index in [1.807, 2.05) is 48.9 Å². The minimum absolute atomic E-state index is 0.135. The average Bonchev–Trinajstić information content (AvgIpc) is 3.40. The van der Waals surface area contributed by atoms with Gasteiger partial charge in [-0.3, -0.25) is 9.48 Å². The average molecular weight is 486 g/mol. The van der Waals surface area contributed by atoms with Crippen molar-refractivity contribution in [1.82, 2.24) is 15.1 Å². The van der Waals surface area contributed by atoms with Crippen molar-refractivity contribution in [3.05, 3.63) is 82.1 Å². The molecule has 1 saturated carbocycles. The minimum Gasteiger partial charge on any atom is -0.351 e. The summed E-state index contributed by atoms with van der Waals surface area (Å²) in [5.41, 5.74) is 4.04. The normalized spacial score (nSPS) is 15.5. The van der Waals surface area contributed by atoms with Crippen molar-refractivity contribution in [1.29, 1.82) is 0 Å². The molecular formula is C25H28ClN3O3S. The van der Waals surface area contributed by atoms with Crippen LogP contribution in [-0.2, 0) is 27.7 Å². The molecule has 1 aromatic heterocycles. The van der Waals surface area contributed by atoms with E-state index in [0.717, 1.165) is 22.5 Å². The molecule has 1 N–H and O–H groups in total. The van der Waals surface area contributed by atoms with Gasteiger partial charge in [0.15, 0.2) is 14.6 Å². The summed E-state index contributed by atoms with van der Waals surface area (Å²) in [5.74, 6) is -0.432. The molecule has 3 aromatic rings. The van der Waals surface area contributed by atoms with Crippen molar-refractivity contribution in [2.45, 2.75) is 62.3 Å². The second kappa shape index (κ2) is 9.31. The lowest BCUT2D eigenvalue weighted by Crippen LogP contribution is -2.50. The Labute approximate surface area is 199 Å². The fourth-order valence-corrected chi connectivity index (χ4v) is 6.81. The predicted octanol–water partition coefficient (Wildman–Crippen LogP) is 4.60. The maximum Gasteiger partial charge on any atom is 0.242 e. The first-order valence-corrected chi connectivity index (χ1v) is 12.9. The molecule has 1 fully saturated rings. The molecule has 1 aliphatic carbocycles. The van der Waals surface area contributed by atoms with Crippen LogP contribution in [0.1, 0.15) is 48.2 Å². The lowest BCUT2D eigenvalue weighted by Gasteiger charge is -2.27. The number of nitrogens with zero attached hydrogens (tertiary/aromatic N) is 2. The third-order valence-corrected chi connectivity index (χ3v) is 9.11. The van der Waals surface area contributed by atoms with Gasteiger partial charge in [0.25, 0.3) is 0 Å². The van der Waals surface area contributed by atoms with Gasteiger partial charge in [0.2, 0.25) is 5.91 Å². The number of hydrogen-bond acceptors (Lipinski definition) is 4. The summed E-state index contributed by atoms with van der Waals surface area (Å²) in [6, 6.07) is 16.0. The molecule has 4 rings (SSSR count). The number of benzene rings is 2. The molecule has 1 amide bonds. The summed E-state index contributed by atoms with van der Waals surface area (Å²) < 4.78 is 27.5. The van der Waals surface area contributed by atoms with Gasteiger partial charge in [0.1, 0.15) is 0 Å². The summed E-state index contributed by atoms with van der Waals surface area (Å²) in [6.07, 6.45) is 2.06. The first-order valence-electron chi connectivity index (χ1n) is 11.1. The zero-order valence-corrected chi connectivity index (χ0v) is 20.4. The molecule has 8 heteroatoms. The van der Waals surface area contributed by atoms with Crippen LogP contribution in [0.3, 0.4) is 0 Å². The smallest absolute Gasteiger partial charge is 0.242 e. The van der Waals surface area contributed by atoms with Crippen molar-refractivity contribution < 1.29 is 13.2 Å². The largest absolute Gasteiger partial charge is 0.351 e. The zero-order chi connectivity index (χ0) is 23.6. The highest BCUT2D eigenvalue weighted by Gasteiger charge is 2.52. The molecule has 0 unspecified atom stereocenters. The molecule has 174 valence electrons. The van der Waals surface area contributed by atoms with Gasteiger partial charge in [-0.05, 0) is 68.1 Å². The summed E-state index contributed by atoms with van der Waals surface area (Å²) >= 11 is 5.93. The molecule has 0 radical (unpaired) electrons. The van der Waals surface area contributed by atoms with Crippen LogP contribution in [0.5, 0.6) is 0 Å². The third-order valence-electron chi connectivity index (χ3n) is 6.34. The number of hydrogen-bond donors (Lipinski definition) is 1. The summed E-state index contributed by atoms with van der Waals surface area (Å²) in [7, 11) is -3.85. The van der Waals surface area contributed by atoms with Crippen LogP contribution in [0.25, 0.3) is 0 Å². The molecule has 6 nitrogen and oxygen atoms in total. The molecular weight excluding hydrogens is 458 g/mol. The molecule has 0 saturated heterocycles. The van der Waals surface area contributed by atoms with Crippen LogP contribution in [0.15, 0.2) is 59.5 Å². The minimum atomic E-state index is -3.85. The predicted molar refractivity (Wildman–Crippen MR) is 129 cm³/mol. The second-order valence-electron chi connectivity index (χ2n) is 8.75. The van der Waals surface area contributed by atoms with Crippen LogP contribution in [0.2, 0.25) is 5.02 Å². The van der Waals surface area contributed by atoms with Gasteiger partial charge in [-0.2, -0.15) is 5.10 Å². The van der Waals surface area contributed by atoms with Gasteiger partial charge >= 0.3 is 0 Å². The zero-order valence-electron chi connectivity index (χ0n) is 18.8. The SMILES string of the molecule is Cc1cc(C)n(Cc2cccc(CNC(=O)C3(S(=O)(=O)c4ccc(Cl)cc4)CCCC3)c2)n1. The Bertz CT molecular complexity index is 1260. The summed E-state index contributed by atoms with van der Waals surface area (Å²) in [4.78, 5) is 13.5. The van der Waals surface area contributed by atoms with E-state index in [9.17, 15) is 13.2 Å². The Morgan fingerprint density at radius 2 is 1.73 bits per heavy atom. The van der Waals surface area contributed by atoms with E-state index in [1.165, 1.54) is 12.1 Å². The van der Waals surface area contributed by atoms with Crippen molar-refractivity contribution in [2.24, 2.45) is 0 Å². The Kier molecular flexibility index (Phi) is 6.64. The highest BCUT2D eigenvalue weighted by molar-refractivity contribution is 7.93. The van der Waals surface area contributed by atoms with Crippen LogP contribution in [0.4, 0.5) is 0 Å². The van der Waals surface area contributed by atoms with Gasteiger partial charge in [-0.25, -0.2) is 8.42 Å². The molecule has 0 aliphatic heterocycles. The van der Waals surface area contributed by atoms with Crippen LogP contribution in [0, 0.1) is 13.8 Å². The Morgan fingerprint density at radius 1 is 1.06 bits per heavy atom. The summed E-state index contributed by atoms with van der Waals surface area (Å²) in [6.45, 7) is 4.89. The van der Waals surface area contributed by atoms with E-state index in [4.69, 9.17) is 11.6 Å². The molecule has 1 aliphatic rings. The number of carbonyl (C=O) groups excluding carboxylic acids is 1. The number of amides is 1. The number of aryl methyl sites for hydroxylation is 2. The number of rotatable bonds is 7. The molecule has 0 spiro atoms. The number of nitrogens with one attached hydrogen (secondary N) is 1.